The molecule has 2 rings (SSSR count). The molecule has 0 saturated carbocycles. The highest BCUT2D eigenvalue weighted by Gasteiger charge is 2.38. The van der Waals surface area contributed by atoms with Crippen LogP contribution in [0.5, 0.6) is 5.88 Å². The zero-order valence-electron chi connectivity index (χ0n) is 9.27. The summed E-state index contributed by atoms with van der Waals surface area (Å²) in [6, 6.07) is 2.89. The number of halogens is 3. The summed E-state index contributed by atoms with van der Waals surface area (Å²) in [6.07, 6.45) is -2.26. The summed E-state index contributed by atoms with van der Waals surface area (Å²) < 4.78 is 44.1. The largest absolute Gasteiger partial charge is 0.479 e. The van der Waals surface area contributed by atoms with Crippen LogP contribution in [0.4, 0.5) is 18.9 Å². The van der Waals surface area contributed by atoms with E-state index in [9.17, 15) is 13.2 Å². The van der Waals surface area contributed by atoms with Gasteiger partial charge in [-0.05, 0) is 12.1 Å². The van der Waals surface area contributed by atoms with E-state index in [0.717, 1.165) is 6.20 Å². The molecule has 0 saturated heterocycles. The molecule has 0 radical (unpaired) electrons. The van der Waals surface area contributed by atoms with E-state index in [0.29, 0.717) is 4.68 Å². The van der Waals surface area contributed by atoms with Crippen LogP contribution < -0.4 is 10.5 Å². The first-order valence-electron chi connectivity index (χ1n) is 4.85. The summed E-state index contributed by atoms with van der Waals surface area (Å²) >= 11 is 0. The van der Waals surface area contributed by atoms with Crippen LogP contribution in [0.1, 0.15) is 5.69 Å². The Morgan fingerprint density at radius 1 is 1.39 bits per heavy atom. The van der Waals surface area contributed by atoms with Crippen LogP contribution in [0.25, 0.3) is 5.69 Å². The topological polar surface area (TPSA) is 66.0 Å². The van der Waals surface area contributed by atoms with Crippen LogP contribution in [0, 0.1) is 0 Å². The van der Waals surface area contributed by atoms with Gasteiger partial charge in [0.25, 0.3) is 0 Å². The Balaban J connectivity index is 2.65. The number of rotatable bonds is 2. The van der Waals surface area contributed by atoms with Gasteiger partial charge in [-0.1, -0.05) is 0 Å². The third-order valence-electron chi connectivity index (χ3n) is 2.24. The number of anilines is 1. The minimum atomic E-state index is -4.61. The predicted molar refractivity (Wildman–Crippen MR) is 57.3 cm³/mol. The Labute approximate surface area is 100.0 Å². The van der Waals surface area contributed by atoms with Gasteiger partial charge in [-0.25, -0.2) is 9.67 Å². The maximum atomic E-state index is 12.9. The summed E-state index contributed by atoms with van der Waals surface area (Å²) in [6.45, 7) is 0. The molecule has 2 aromatic heterocycles. The van der Waals surface area contributed by atoms with E-state index in [2.05, 4.69) is 10.1 Å². The molecule has 0 fully saturated rings. The number of nitrogens with two attached hydrogens (primary N) is 1. The zero-order valence-corrected chi connectivity index (χ0v) is 9.27. The fraction of sp³-hybridized carbons (Fsp3) is 0.200. The molecule has 0 unspecified atom stereocenters. The number of nitrogen functional groups attached to an aromatic ring is 1. The first kappa shape index (κ1) is 12.2. The van der Waals surface area contributed by atoms with E-state index in [-0.39, 0.29) is 11.6 Å². The van der Waals surface area contributed by atoms with Crippen molar-refractivity contribution >= 4 is 5.69 Å². The predicted octanol–water partition coefficient (Wildman–Crippen LogP) is 1.88. The average molecular weight is 258 g/mol. The van der Waals surface area contributed by atoms with E-state index in [1.54, 1.807) is 0 Å². The summed E-state index contributed by atoms with van der Waals surface area (Å²) in [5, 5.41) is 3.61. The van der Waals surface area contributed by atoms with Gasteiger partial charge in [0, 0.05) is 6.20 Å². The van der Waals surface area contributed by atoms with Crippen molar-refractivity contribution in [3.8, 4) is 11.6 Å². The van der Waals surface area contributed by atoms with E-state index in [4.69, 9.17) is 10.5 Å². The molecule has 0 amide bonds. The molecule has 0 aliphatic rings. The van der Waals surface area contributed by atoms with Crippen LogP contribution in [0.2, 0.25) is 0 Å². The minimum absolute atomic E-state index is 0.0334. The van der Waals surface area contributed by atoms with Crippen LogP contribution in [0.3, 0.4) is 0 Å². The summed E-state index contributed by atoms with van der Waals surface area (Å²) in [5.74, 6) is 0.0334. The van der Waals surface area contributed by atoms with Crippen molar-refractivity contribution in [3.05, 3.63) is 30.2 Å². The second-order valence-corrected chi connectivity index (χ2v) is 3.39. The van der Waals surface area contributed by atoms with Crippen molar-refractivity contribution < 1.29 is 17.9 Å². The van der Waals surface area contributed by atoms with Crippen LogP contribution in [-0.2, 0) is 6.18 Å². The van der Waals surface area contributed by atoms with Crippen molar-refractivity contribution in [1.29, 1.82) is 0 Å². The number of nitrogens with zero attached hydrogens (tertiary/aromatic N) is 3. The first-order valence-corrected chi connectivity index (χ1v) is 4.85. The highest BCUT2D eigenvalue weighted by molar-refractivity contribution is 5.50. The quantitative estimate of drug-likeness (QED) is 0.893. The number of ether oxygens (including phenoxy) is 1. The lowest BCUT2D eigenvalue weighted by Crippen LogP contribution is -2.16. The highest BCUT2D eigenvalue weighted by Crippen LogP contribution is 2.36. The maximum Gasteiger partial charge on any atom is 0.435 e. The Hall–Kier alpha value is -2.25. The number of hydrogen-bond donors (Lipinski definition) is 1. The molecule has 0 atom stereocenters. The molecule has 8 heteroatoms. The molecule has 0 aliphatic carbocycles. The fourth-order valence-corrected chi connectivity index (χ4v) is 1.53. The van der Waals surface area contributed by atoms with Crippen LogP contribution in [-0.4, -0.2) is 21.9 Å². The summed E-state index contributed by atoms with van der Waals surface area (Å²) in [5.41, 5.74) is 3.87. The Morgan fingerprint density at radius 3 is 2.72 bits per heavy atom. The van der Waals surface area contributed by atoms with E-state index < -0.39 is 17.6 Å². The van der Waals surface area contributed by atoms with E-state index in [1.807, 2.05) is 0 Å². The molecule has 2 heterocycles. The van der Waals surface area contributed by atoms with Gasteiger partial charge < -0.3 is 10.5 Å². The lowest BCUT2D eigenvalue weighted by atomic mass is 10.3. The maximum absolute atomic E-state index is 12.9. The van der Waals surface area contributed by atoms with Gasteiger partial charge in [0.1, 0.15) is 5.69 Å². The smallest absolute Gasteiger partial charge is 0.435 e. The number of alkyl halides is 3. The van der Waals surface area contributed by atoms with Gasteiger partial charge >= 0.3 is 6.18 Å². The first-order chi connectivity index (χ1) is 8.45. The van der Waals surface area contributed by atoms with Gasteiger partial charge in [0.15, 0.2) is 5.69 Å². The number of aromatic nitrogens is 3. The molecule has 0 bridgehead atoms. The Bertz CT molecular complexity index is 564. The fourth-order valence-electron chi connectivity index (χ4n) is 1.53. The molecule has 0 aliphatic heterocycles. The lowest BCUT2D eigenvalue weighted by molar-refractivity contribution is -0.142. The Kier molecular flexibility index (Phi) is 2.85. The standard InChI is InChI=1S/C10H9F3N4O/c1-18-9-7(3-2-4-15-9)17-8(10(11,12)13)6(14)5-16-17/h2-5H,14H2,1H3. The van der Waals surface area contributed by atoms with Crippen molar-refractivity contribution in [2.75, 3.05) is 12.8 Å². The van der Waals surface area contributed by atoms with Gasteiger partial charge in [-0.2, -0.15) is 18.3 Å². The molecular formula is C10H9F3N4O. The minimum Gasteiger partial charge on any atom is -0.479 e. The molecule has 0 spiro atoms. The highest BCUT2D eigenvalue weighted by atomic mass is 19.4. The third-order valence-corrected chi connectivity index (χ3v) is 2.24. The third kappa shape index (κ3) is 1.96. The number of methoxy groups -OCH3 is 1. The van der Waals surface area contributed by atoms with Crippen LogP contribution >= 0.6 is 0 Å². The lowest BCUT2D eigenvalue weighted by Gasteiger charge is -2.12. The van der Waals surface area contributed by atoms with Gasteiger partial charge in [-0.3, -0.25) is 0 Å². The van der Waals surface area contributed by atoms with E-state index in [1.165, 1.54) is 25.4 Å². The van der Waals surface area contributed by atoms with Crippen molar-refractivity contribution in [2.45, 2.75) is 6.18 Å². The van der Waals surface area contributed by atoms with Crippen LogP contribution in [0.15, 0.2) is 24.5 Å². The number of hydrogen-bond acceptors (Lipinski definition) is 4. The average Bonchev–Trinajstić information content (AvgIpc) is 2.70. The molecule has 18 heavy (non-hydrogen) atoms. The molecule has 96 valence electrons. The molecule has 2 aromatic rings. The van der Waals surface area contributed by atoms with E-state index >= 15 is 0 Å². The second-order valence-electron chi connectivity index (χ2n) is 3.39. The van der Waals surface area contributed by atoms with Crippen molar-refractivity contribution in [1.82, 2.24) is 14.8 Å². The van der Waals surface area contributed by atoms with Gasteiger partial charge in [0.2, 0.25) is 5.88 Å². The monoisotopic (exact) mass is 258 g/mol. The molecular weight excluding hydrogens is 249 g/mol. The Morgan fingerprint density at radius 2 is 2.11 bits per heavy atom. The SMILES string of the molecule is COc1ncccc1-n1ncc(N)c1C(F)(F)F. The second kappa shape index (κ2) is 4.21. The number of pyridine rings is 1. The van der Waals surface area contributed by atoms with Crippen molar-refractivity contribution in [3.63, 3.8) is 0 Å². The summed E-state index contributed by atoms with van der Waals surface area (Å²) in [7, 11) is 1.31. The van der Waals surface area contributed by atoms with Crippen molar-refractivity contribution in [2.24, 2.45) is 0 Å². The molecule has 0 aromatic carbocycles. The normalized spacial score (nSPS) is 11.6. The zero-order chi connectivity index (χ0) is 13.3. The molecule has 2 N–H and O–H groups in total. The van der Waals surface area contributed by atoms with Gasteiger partial charge in [0.05, 0.1) is 19.0 Å². The van der Waals surface area contributed by atoms with Gasteiger partial charge in [-0.15, -0.1) is 0 Å². The molecule has 5 nitrogen and oxygen atoms in total. The summed E-state index contributed by atoms with van der Waals surface area (Å²) in [4.78, 5) is 3.81.